The van der Waals surface area contributed by atoms with E-state index < -0.39 is 0 Å². The van der Waals surface area contributed by atoms with Gasteiger partial charge in [0.05, 0.1) is 19.8 Å². The molecule has 0 bridgehead atoms. The molecular formula is C20H25NO2. The smallest absolute Gasteiger partial charge is 0.123 e. The van der Waals surface area contributed by atoms with Crippen LogP contribution in [0.3, 0.4) is 0 Å². The van der Waals surface area contributed by atoms with Crippen molar-refractivity contribution in [1.82, 2.24) is 5.32 Å². The van der Waals surface area contributed by atoms with Crippen molar-refractivity contribution >= 4 is 0 Å². The Hall–Kier alpha value is -2.00. The lowest BCUT2D eigenvalue weighted by atomic mass is 9.88. The number of nitrogens with one attached hydrogen (secondary N) is 1. The Labute approximate surface area is 138 Å². The Kier molecular flexibility index (Phi) is 4.87. The summed E-state index contributed by atoms with van der Waals surface area (Å²) in [7, 11) is 1.74. The van der Waals surface area contributed by atoms with Crippen molar-refractivity contribution in [1.29, 1.82) is 0 Å². The van der Waals surface area contributed by atoms with Crippen LogP contribution in [0.5, 0.6) is 11.5 Å². The van der Waals surface area contributed by atoms with Gasteiger partial charge in [0.15, 0.2) is 0 Å². The Morgan fingerprint density at radius 3 is 2.70 bits per heavy atom. The molecule has 0 amide bonds. The first-order chi connectivity index (χ1) is 11.3. The number of fused-ring (bicyclic) bond motifs is 1. The first-order valence-corrected chi connectivity index (χ1v) is 8.42. The molecule has 0 saturated carbocycles. The second kappa shape index (κ2) is 7.05. The Balaban J connectivity index is 2.03. The van der Waals surface area contributed by atoms with Gasteiger partial charge in [0.1, 0.15) is 11.5 Å². The predicted octanol–water partition coefficient (Wildman–Crippen LogP) is 3.89. The summed E-state index contributed by atoms with van der Waals surface area (Å²) in [6.45, 7) is 5.87. The molecule has 3 heteroatoms. The monoisotopic (exact) mass is 311 g/mol. The lowest BCUT2D eigenvalue weighted by molar-refractivity contribution is 0.339. The maximum Gasteiger partial charge on any atom is 0.123 e. The maximum absolute atomic E-state index is 5.65. The number of methoxy groups -OCH3 is 1. The van der Waals surface area contributed by atoms with Crippen LogP contribution in [0.25, 0.3) is 0 Å². The fourth-order valence-corrected chi connectivity index (χ4v) is 3.30. The molecule has 3 rings (SSSR count). The minimum absolute atomic E-state index is 0.177. The zero-order valence-electron chi connectivity index (χ0n) is 14.2. The van der Waals surface area contributed by atoms with Gasteiger partial charge in [-0.15, -0.1) is 0 Å². The highest BCUT2D eigenvalue weighted by Gasteiger charge is 2.24. The molecule has 0 fully saturated rings. The van der Waals surface area contributed by atoms with Crippen molar-refractivity contribution in [3.8, 4) is 11.5 Å². The van der Waals surface area contributed by atoms with Crippen molar-refractivity contribution < 1.29 is 9.47 Å². The molecule has 1 atom stereocenters. The molecule has 1 N–H and O–H groups in total. The summed E-state index contributed by atoms with van der Waals surface area (Å²) in [5.41, 5.74) is 5.24. The van der Waals surface area contributed by atoms with Crippen LogP contribution in [0, 0.1) is 0 Å². The summed E-state index contributed by atoms with van der Waals surface area (Å²) in [5, 5.41) is 3.65. The third kappa shape index (κ3) is 3.20. The number of ether oxygens (including phenoxy) is 2. The van der Waals surface area contributed by atoms with E-state index in [1.165, 1.54) is 22.3 Å². The second-order valence-corrected chi connectivity index (χ2v) is 5.86. The van der Waals surface area contributed by atoms with Gasteiger partial charge in [-0.25, -0.2) is 0 Å². The zero-order valence-corrected chi connectivity index (χ0v) is 14.2. The molecule has 2 aromatic carbocycles. The maximum atomic E-state index is 5.65. The van der Waals surface area contributed by atoms with Crippen molar-refractivity contribution in [3.05, 3.63) is 58.7 Å². The van der Waals surface area contributed by atoms with Crippen LogP contribution >= 0.6 is 0 Å². The van der Waals surface area contributed by atoms with Crippen molar-refractivity contribution in [2.24, 2.45) is 0 Å². The minimum Gasteiger partial charge on any atom is -0.496 e. The quantitative estimate of drug-likeness (QED) is 0.908. The molecule has 23 heavy (non-hydrogen) atoms. The molecule has 1 heterocycles. The number of hydrogen-bond donors (Lipinski definition) is 1. The van der Waals surface area contributed by atoms with Crippen LogP contribution in [0.4, 0.5) is 0 Å². The molecular weight excluding hydrogens is 286 g/mol. The van der Waals surface area contributed by atoms with E-state index in [2.05, 4.69) is 48.6 Å². The molecule has 0 aliphatic carbocycles. The van der Waals surface area contributed by atoms with Crippen molar-refractivity contribution in [3.63, 3.8) is 0 Å². The van der Waals surface area contributed by atoms with Crippen LogP contribution in [0.1, 0.15) is 42.1 Å². The van der Waals surface area contributed by atoms with E-state index in [1.54, 1.807) is 7.11 Å². The highest BCUT2D eigenvalue weighted by molar-refractivity contribution is 5.49. The largest absolute Gasteiger partial charge is 0.496 e. The van der Waals surface area contributed by atoms with Crippen LogP contribution in [0.2, 0.25) is 0 Å². The van der Waals surface area contributed by atoms with Gasteiger partial charge < -0.3 is 14.8 Å². The highest BCUT2D eigenvalue weighted by Crippen LogP contribution is 2.36. The standard InChI is InChI=1S/C20H25NO2/c1-4-14-6-9-19(22-3)18(12-14)20-17-8-7-16(23-5-2)13-15(17)10-11-21-20/h6-9,12-13,20-21H,4-5,10-11H2,1-3H3. The number of aryl methyl sites for hydroxylation is 1. The van der Waals surface area contributed by atoms with Gasteiger partial charge in [-0.3, -0.25) is 0 Å². The van der Waals surface area contributed by atoms with Gasteiger partial charge in [-0.2, -0.15) is 0 Å². The van der Waals surface area contributed by atoms with Crippen LogP contribution in [0.15, 0.2) is 36.4 Å². The van der Waals surface area contributed by atoms with Crippen LogP contribution in [-0.2, 0) is 12.8 Å². The van der Waals surface area contributed by atoms with E-state index in [4.69, 9.17) is 9.47 Å². The minimum atomic E-state index is 0.177. The first kappa shape index (κ1) is 15.9. The molecule has 122 valence electrons. The Bertz CT molecular complexity index is 681. The molecule has 2 aromatic rings. The van der Waals surface area contributed by atoms with E-state index in [9.17, 15) is 0 Å². The molecule has 0 aromatic heterocycles. The van der Waals surface area contributed by atoms with E-state index in [-0.39, 0.29) is 6.04 Å². The number of hydrogen-bond acceptors (Lipinski definition) is 3. The fraction of sp³-hybridized carbons (Fsp3) is 0.400. The first-order valence-electron chi connectivity index (χ1n) is 8.42. The van der Waals surface area contributed by atoms with E-state index in [0.717, 1.165) is 30.9 Å². The second-order valence-electron chi connectivity index (χ2n) is 5.86. The molecule has 0 saturated heterocycles. The average Bonchev–Trinajstić information content (AvgIpc) is 2.60. The summed E-state index contributed by atoms with van der Waals surface area (Å²) in [4.78, 5) is 0. The lowest BCUT2D eigenvalue weighted by Crippen LogP contribution is -2.31. The third-order valence-corrected chi connectivity index (χ3v) is 4.49. The molecule has 0 spiro atoms. The fourth-order valence-electron chi connectivity index (χ4n) is 3.30. The van der Waals surface area contributed by atoms with Crippen molar-refractivity contribution in [2.45, 2.75) is 32.7 Å². The number of benzene rings is 2. The van der Waals surface area contributed by atoms with Crippen molar-refractivity contribution in [2.75, 3.05) is 20.3 Å². The summed E-state index contributed by atoms with van der Waals surface area (Å²) in [6.07, 6.45) is 2.06. The summed E-state index contributed by atoms with van der Waals surface area (Å²) >= 11 is 0. The molecule has 1 aliphatic heterocycles. The SMILES string of the molecule is CCOc1ccc2c(c1)CCNC2c1cc(CC)ccc1OC. The van der Waals surface area contributed by atoms with Gasteiger partial charge in [0.25, 0.3) is 0 Å². The highest BCUT2D eigenvalue weighted by atomic mass is 16.5. The van der Waals surface area contributed by atoms with Gasteiger partial charge >= 0.3 is 0 Å². The van der Waals surface area contributed by atoms with Gasteiger partial charge in [-0.1, -0.05) is 25.1 Å². The topological polar surface area (TPSA) is 30.5 Å². The van der Waals surface area contributed by atoms with E-state index in [1.807, 2.05) is 6.92 Å². The third-order valence-electron chi connectivity index (χ3n) is 4.49. The molecule has 0 radical (unpaired) electrons. The zero-order chi connectivity index (χ0) is 16.2. The lowest BCUT2D eigenvalue weighted by Gasteiger charge is -2.29. The van der Waals surface area contributed by atoms with E-state index >= 15 is 0 Å². The summed E-state index contributed by atoms with van der Waals surface area (Å²) in [6, 6.07) is 13.1. The normalized spacial score (nSPS) is 16.7. The number of rotatable bonds is 5. The molecule has 1 unspecified atom stereocenters. The Morgan fingerprint density at radius 1 is 1.09 bits per heavy atom. The molecule has 1 aliphatic rings. The van der Waals surface area contributed by atoms with Crippen LogP contribution in [-0.4, -0.2) is 20.3 Å². The average molecular weight is 311 g/mol. The van der Waals surface area contributed by atoms with Gasteiger partial charge in [-0.05, 0) is 54.7 Å². The Morgan fingerprint density at radius 2 is 1.96 bits per heavy atom. The summed E-state index contributed by atoms with van der Waals surface area (Å²) in [5.74, 6) is 1.91. The van der Waals surface area contributed by atoms with Crippen LogP contribution < -0.4 is 14.8 Å². The predicted molar refractivity (Wildman–Crippen MR) is 93.5 cm³/mol. The molecule has 3 nitrogen and oxygen atoms in total. The van der Waals surface area contributed by atoms with E-state index in [0.29, 0.717) is 6.61 Å². The summed E-state index contributed by atoms with van der Waals surface area (Å²) < 4.78 is 11.3. The van der Waals surface area contributed by atoms with Gasteiger partial charge in [0, 0.05) is 12.1 Å². The van der Waals surface area contributed by atoms with Gasteiger partial charge in [0.2, 0.25) is 0 Å².